The molecule has 0 saturated heterocycles. The molecule has 0 amide bonds. The molecule has 4 rings (SSSR count). The van der Waals surface area contributed by atoms with Crippen molar-refractivity contribution in [3.8, 4) is 28.2 Å². The second kappa shape index (κ2) is 8.98. The van der Waals surface area contributed by atoms with Crippen molar-refractivity contribution in [1.29, 1.82) is 0 Å². The molecule has 0 aromatic heterocycles. The minimum Gasteiger partial charge on any atom is -0.454 e. The molecule has 2 aliphatic rings. The number of benzene rings is 3. The summed E-state index contributed by atoms with van der Waals surface area (Å²) in [6, 6.07) is 7.13. The molecule has 9 heteroatoms. The van der Waals surface area contributed by atoms with Crippen LogP contribution in [-0.2, 0) is 9.53 Å². The van der Waals surface area contributed by atoms with E-state index in [2.05, 4.69) is 15.9 Å². The van der Waals surface area contributed by atoms with Gasteiger partial charge in [0.1, 0.15) is 16.3 Å². The van der Waals surface area contributed by atoms with Crippen LogP contribution in [-0.4, -0.2) is 19.0 Å². The van der Waals surface area contributed by atoms with E-state index in [-0.39, 0.29) is 32.7 Å². The Morgan fingerprint density at radius 1 is 1.12 bits per heavy atom. The normalized spacial score (nSPS) is 11.1. The van der Waals surface area contributed by atoms with Crippen molar-refractivity contribution < 1.29 is 32.3 Å². The van der Waals surface area contributed by atoms with Gasteiger partial charge in [-0.15, -0.1) is 0 Å². The van der Waals surface area contributed by atoms with Crippen LogP contribution in [0.2, 0.25) is 0 Å². The average Bonchev–Trinajstić information content (AvgIpc) is 2.79. The molecule has 0 N–H and O–H groups in total. The van der Waals surface area contributed by atoms with Crippen LogP contribution in [0.15, 0.2) is 44.0 Å². The van der Waals surface area contributed by atoms with Crippen LogP contribution in [0, 0.1) is 25.5 Å². The smallest absolute Gasteiger partial charge is 0.305 e. The maximum absolute atomic E-state index is 15.2. The van der Waals surface area contributed by atoms with Crippen molar-refractivity contribution in [3.05, 3.63) is 73.4 Å². The lowest BCUT2D eigenvalue weighted by atomic mass is 9.89. The zero-order valence-corrected chi connectivity index (χ0v) is 19.8. The van der Waals surface area contributed by atoms with Crippen molar-refractivity contribution >= 4 is 39.2 Å². The predicted octanol–water partition coefficient (Wildman–Crippen LogP) is 5.93. The van der Waals surface area contributed by atoms with Crippen molar-refractivity contribution in [3.63, 3.8) is 0 Å². The number of halogens is 3. The first-order chi connectivity index (χ1) is 16.1. The molecule has 0 radical (unpaired) electrons. The highest BCUT2D eigenvalue weighted by atomic mass is 79.9. The standard InChI is InChI=1S/C25H17BrF2O6/c1-11-6-14(9-29)4-5-15(11)20-16-8-19(28)24(33-10-32-13(3)30)12(2)23(16)34-25-17(20)7-18(27)22(31)21(25)26/h4-9H,10H2,1-3H3. The summed E-state index contributed by atoms with van der Waals surface area (Å²) in [5.41, 5.74) is 1.91. The highest BCUT2D eigenvalue weighted by Crippen LogP contribution is 2.46. The van der Waals surface area contributed by atoms with E-state index in [4.69, 9.17) is 13.9 Å². The summed E-state index contributed by atoms with van der Waals surface area (Å²) < 4.78 is 45.6. The minimum absolute atomic E-state index is 0.0633. The van der Waals surface area contributed by atoms with Gasteiger partial charge in [-0.1, -0.05) is 12.1 Å². The topological polar surface area (TPSA) is 82.8 Å². The van der Waals surface area contributed by atoms with Crippen LogP contribution < -0.4 is 10.2 Å². The fourth-order valence-electron chi connectivity index (χ4n) is 3.86. The van der Waals surface area contributed by atoms with Gasteiger partial charge in [0.15, 0.2) is 23.1 Å². The summed E-state index contributed by atoms with van der Waals surface area (Å²) in [4.78, 5) is 34.5. The number of aldehydes is 1. The highest BCUT2D eigenvalue weighted by Gasteiger charge is 2.27. The number of carbonyl (C=O) groups is 2. The van der Waals surface area contributed by atoms with Gasteiger partial charge in [-0.05, 0) is 59.1 Å². The van der Waals surface area contributed by atoms with Crippen molar-refractivity contribution in [2.45, 2.75) is 20.8 Å². The summed E-state index contributed by atoms with van der Waals surface area (Å²) in [5.74, 6) is -2.49. The predicted molar refractivity (Wildman–Crippen MR) is 124 cm³/mol. The molecule has 6 nitrogen and oxygen atoms in total. The SMILES string of the molecule is CC(=O)OCOc1c(F)cc2c(-c3ccc(C=O)cc3C)c3cc(F)c(=O)c(Br)c-3oc2c1C. The second-order valence-electron chi connectivity index (χ2n) is 7.63. The molecule has 1 aliphatic heterocycles. The molecule has 1 aliphatic carbocycles. The van der Waals surface area contributed by atoms with E-state index in [0.717, 1.165) is 6.07 Å². The highest BCUT2D eigenvalue weighted by molar-refractivity contribution is 9.10. The minimum atomic E-state index is -1.00. The molecule has 0 atom stereocenters. The zero-order chi connectivity index (χ0) is 24.7. The molecule has 0 spiro atoms. The van der Waals surface area contributed by atoms with Gasteiger partial charge in [0, 0.05) is 34.6 Å². The zero-order valence-electron chi connectivity index (χ0n) is 18.3. The van der Waals surface area contributed by atoms with Crippen LogP contribution >= 0.6 is 15.9 Å². The number of hydrogen-bond donors (Lipinski definition) is 0. The van der Waals surface area contributed by atoms with Gasteiger partial charge in [-0.25, -0.2) is 8.78 Å². The molecule has 174 valence electrons. The average molecular weight is 531 g/mol. The summed E-state index contributed by atoms with van der Waals surface area (Å²) in [6.45, 7) is 3.99. The van der Waals surface area contributed by atoms with Crippen molar-refractivity contribution in [2.75, 3.05) is 6.79 Å². The Morgan fingerprint density at radius 3 is 2.50 bits per heavy atom. The quantitative estimate of drug-likeness (QED) is 0.137. The van der Waals surface area contributed by atoms with E-state index in [1.165, 1.54) is 13.0 Å². The molecule has 0 fully saturated rings. The number of ether oxygens (including phenoxy) is 2. The fourth-order valence-corrected chi connectivity index (χ4v) is 4.34. The molecule has 0 unspecified atom stereocenters. The van der Waals surface area contributed by atoms with E-state index in [9.17, 15) is 18.8 Å². The monoisotopic (exact) mass is 530 g/mol. The molecular weight excluding hydrogens is 514 g/mol. The Labute approximate surface area is 200 Å². The maximum atomic E-state index is 15.2. The molecule has 2 aromatic carbocycles. The molecule has 2 aromatic rings. The second-order valence-corrected chi connectivity index (χ2v) is 8.43. The molecule has 0 bridgehead atoms. The lowest BCUT2D eigenvalue weighted by Crippen LogP contribution is -2.11. The van der Waals surface area contributed by atoms with Crippen LogP contribution in [0.5, 0.6) is 5.75 Å². The van der Waals surface area contributed by atoms with Crippen molar-refractivity contribution in [2.24, 2.45) is 0 Å². The lowest BCUT2D eigenvalue weighted by molar-refractivity contribution is -0.147. The van der Waals surface area contributed by atoms with E-state index < -0.39 is 29.8 Å². The first-order valence-electron chi connectivity index (χ1n) is 10.0. The van der Waals surface area contributed by atoms with E-state index >= 15 is 4.39 Å². The fraction of sp³-hybridized carbons (Fsp3) is 0.160. The van der Waals surface area contributed by atoms with E-state index in [1.807, 2.05) is 0 Å². The third-order valence-electron chi connectivity index (χ3n) is 5.41. The van der Waals surface area contributed by atoms with Gasteiger partial charge in [-0.2, -0.15) is 0 Å². The van der Waals surface area contributed by atoms with Crippen LogP contribution in [0.3, 0.4) is 0 Å². The van der Waals surface area contributed by atoms with Gasteiger partial charge in [0.2, 0.25) is 12.2 Å². The maximum Gasteiger partial charge on any atom is 0.305 e. The molecule has 0 saturated carbocycles. The van der Waals surface area contributed by atoms with Crippen LogP contribution in [0.4, 0.5) is 8.78 Å². The third kappa shape index (κ3) is 3.96. The van der Waals surface area contributed by atoms with Gasteiger partial charge in [-0.3, -0.25) is 14.4 Å². The van der Waals surface area contributed by atoms with Gasteiger partial charge in [0.25, 0.3) is 0 Å². The number of hydrogen-bond acceptors (Lipinski definition) is 6. The number of rotatable bonds is 5. The van der Waals surface area contributed by atoms with Gasteiger partial charge < -0.3 is 13.9 Å². The summed E-state index contributed by atoms with van der Waals surface area (Å²) in [7, 11) is 0. The molecule has 34 heavy (non-hydrogen) atoms. The number of carbonyl (C=O) groups excluding carboxylic acids is 2. The van der Waals surface area contributed by atoms with Gasteiger partial charge >= 0.3 is 5.97 Å². The Bertz CT molecular complexity index is 1510. The Morgan fingerprint density at radius 2 is 1.85 bits per heavy atom. The summed E-state index contributed by atoms with van der Waals surface area (Å²) in [5, 5.41) is 0.300. The van der Waals surface area contributed by atoms with E-state index in [0.29, 0.717) is 33.9 Å². The largest absolute Gasteiger partial charge is 0.454 e. The Hall–Kier alpha value is -3.59. The number of esters is 1. The van der Waals surface area contributed by atoms with Crippen LogP contribution in [0.25, 0.3) is 33.4 Å². The van der Waals surface area contributed by atoms with Crippen LogP contribution in [0.1, 0.15) is 28.4 Å². The summed E-state index contributed by atoms with van der Waals surface area (Å²) >= 11 is 3.13. The Balaban J connectivity index is 2.12. The van der Waals surface area contributed by atoms with E-state index in [1.54, 1.807) is 32.0 Å². The third-order valence-corrected chi connectivity index (χ3v) is 6.13. The van der Waals surface area contributed by atoms with Crippen molar-refractivity contribution in [1.82, 2.24) is 0 Å². The lowest BCUT2D eigenvalue weighted by Gasteiger charge is -2.20. The first kappa shape index (κ1) is 23.6. The molecule has 1 heterocycles. The number of aryl methyl sites for hydroxylation is 2. The Kier molecular flexibility index (Phi) is 6.22. The molecular formula is C25H17BrF2O6. The number of fused-ring (bicyclic) bond motifs is 2. The summed E-state index contributed by atoms with van der Waals surface area (Å²) in [6.07, 6.45) is 0.698. The van der Waals surface area contributed by atoms with Gasteiger partial charge in [0.05, 0.1) is 0 Å². The first-order valence-corrected chi connectivity index (χ1v) is 10.8.